The van der Waals surface area contributed by atoms with Crippen molar-refractivity contribution in [3.8, 4) is 0 Å². The first-order chi connectivity index (χ1) is 13.8. The number of benzene rings is 2. The van der Waals surface area contributed by atoms with Crippen LogP contribution in [-0.4, -0.2) is 29.3 Å². The van der Waals surface area contributed by atoms with Crippen LogP contribution >= 0.6 is 11.6 Å². The molecular weight excluding hydrogens is 384 g/mol. The molecule has 5 heteroatoms. The third-order valence-corrected chi connectivity index (χ3v) is 5.17. The van der Waals surface area contributed by atoms with Gasteiger partial charge in [-0.15, -0.1) is 0 Å². The molecule has 0 heterocycles. The Kier molecular flexibility index (Phi) is 8.71. The molecule has 2 aromatic rings. The lowest BCUT2D eigenvalue weighted by Crippen LogP contribution is -2.50. The van der Waals surface area contributed by atoms with E-state index in [4.69, 9.17) is 11.6 Å². The molecule has 0 spiro atoms. The molecule has 4 nitrogen and oxygen atoms in total. The van der Waals surface area contributed by atoms with E-state index in [1.807, 2.05) is 64.1 Å². The summed E-state index contributed by atoms with van der Waals surface area (Å²) in [5.74, 6) is 0.132. The number of hydrogen-bond donors (Lipinski definition) is 1. The highest BCUT2D eigenvalue weighted by Gasteiger charge is 2.29. The summed E-state index contributed by atoms with van der Waals surface area (Å²) in [6.45, 7) is 9.03. The predicted octanol–water partition coefficient (Wildman–Crippen LogP) is 4.77. The Labute approximate surface area is 179 Å². The molecule has 1 atom stereocenters. The van der Waals surface area contributed by atoms with Gasteiger partial charge in [-0.25, -0.2) is 0 Å². The maximum atomic E-state index is 13.3. The van der Waals surface area contributed by atoms with Crippen molar-refractivity contribution < 1.29 is 9.59 Å². The molecule has 0 bridgehead atoms. The zero-order valence-corrected chi connectivity index (χ0v) is 18.5. The van der Waals surface area contributed by atoms with Crippen LogP contribution < -0.4 is 5.32 Å². The largest absolute Gasteiger partial charge is 0.354 e. The molecule has 29 heavy (non-hydrogen) atoms. The first-order valence-corrected chi connectivity index (χ1v) is 10.6. The monoisotopic (exact) mass is 414 g/mol. The van der Waals surface area contributed by atoms with Gasteiger partial charge in [0.15, 0.2) is 0 Å². The van der Waals surface area contributed by atoms with Crippen LogP contribution in [0.4, 0.5) is 0 Å². The summed E-state index contributed by atoms with van der Waals surface area (Å²) >= 11 is 6.26. The molecule has 2 rings (SSSR count). The van der Waals surface area contributed by atoms with Gasteiger partial charge in [0.05, 0.1) is 6.42 Å². The van der Waals surface area contributed by atoms with Crippen LogP contribution in [0, 0.1) is 12.8 Å². The van der Waals surface area contributed by atoms with E-state index in [2.05, 4.69) is 11.4 Å². The van der Waals surface area contributed by atoms with Gasteiger partial charge in [-0.05, 0) is 36.5 Å². The SMILES string of the molecule is CCC(C(=O)NCC(C)C)N(Cc1cccc(C)c1)C(=O)Cc1ccccc1Cl. The number of carbonyl (C=O) groups excluding carboxylic acids is 2. The Balaban J connectivity index is 2.29. The van der Waals surface area contributed by atoms with Gasteiger partial charge in [0.25, 0.3) is 0 Å². The summed E-state index contributed by atoms with van der Waals surface area (Å²) in [5, 5.41) is 3.55. The molecule has 0 radical (unpaired) electrons. The number of aryl methyl sites for hydroxylation is 1. The zero-order chi connectivity index (χ0) is 21.4. The van der Waals surface area contributed by atoms with Gasteiger partial charge in [-0.2, -0.15) is 0 Å². The highest BCUT2D eigenvalue weighted by Crippen LogP contribution is 2.19. The van der Waals surface area contributed by atoms with Crippen LogP contribution in [0.1, 0.15) is 43.9 Å². The lowest BCUT2D eigenvalue weighted by Gasteiger charge is -2.31. The number of halogens is 1. The van der Waals surface area contributed by atoms with Crippen molar-refractivity contribution >= 4 is 23.4 Å². The van der Waals surface area contributed by atoms with Gasteiger partial charge in [-0.1, -0.05) is 80.4 Å². The molecule has 1 N–H and O–H groups in total. The topological polar surface area (TPSA) is 49.4 Å². The van der Waals surface area contributed by atoms with E-state index in [9.17, 15) is 9.59 Å². The van der Waals surface area contributed by atoms with Crippen LogP contribution in [-0.2, 0) is 22.6 Å². The molecule has 2 aromatic carbocycles. The Morgan fingerprint density at radius 3 is 2.45 bits per heavy atom. The maximum Gasteiger partial charge on any atom is 0.242 e. The lowest BCUT2D eigenvalue weighted by molar-refractivity contribution is -0.141. The smallest absolute Gasteiger partial charge is 0.242 e. The minimum absolute atomic E-state index is 0.105. The molecule has 0 aliphatic carbocycles. The summed E-state index contributed by atoms with van der Waals surface area (Å²) < 4.78 is 0. The van der Waals surface area contributed by atoms with Gasteiger partial charge < -0.3 is 10.2 Å². The van der Waals surface area contributed by atoms with Crippen LogP contribution in [0.3, 0.4) is 0 Å². The lowest BCUT2D eigenvalue weighted by atomic mass is 10.1. The van der Waals surface area contributed by atoms with Crippen LogP contribution in [0.15, 0.2) is 48.5 Å². The predicted molar refractivity (Wildman–Crippen MR) is 119 cm³/mol. The highest BCUT2D eigenvalue weighted by atomic mass is 35.5. The van der Waals surface area contributed by atoms with Gasteiger partial charge in [0.1, 0.15) is 6.04 Å². The Morgan fingerprint density at radius 1 is 1.10 bits per heavy atom. The number of amides is 2. The number of nitrogens with zero attached hydrogens (tertiary/aromatic N) is 1. The Bertz CT molecular complexity index is 835. The van der Waals surface area contributed by atoms with Crippen molar-refractivity contribution in [2.45, 2.75) is 53.1 Å². The summed E-state index contributed by atoms with van der Waals surface area (Å²) in [7, 11) is 0. The summed E-state index contributed by atoms with van der Waals surface area (Å²) in [6.07, 6.45) is 0.712. The maximum absolute atomic E-state index is 13.3. The first-order valence-electron chi connectivity index (χ1n) is 10.2. The summed E-state index contributed by atoms with van der Waals surface area (Å²) in [5.41, 5.74) is 2.90. The number of rotatable bonds is 9. The number of carbonyl (C=O) groups is 2. The normalized spacial score (nSPS) is 11.9. The Morgan fingerprint density at radius 2 is 1.83 bits per heavy atom. The molecule has 0 saturated carbocycles. The highest BCUT2D eigenvalue weighted by molar-refractivity contribution is 6.31. The third kappa shape index (κ3) is 6.90. The minimum Gasteiger partial charge on any atom is -0.354 e. The van der Waals surface area contributed by atoms with E-state index in [1.54, 1.807) is 11.0 Å². The minimum atomic E-state index is -0.524. The second-order valence-corrected chi connectivity index (χ2v) is 8.25. The van der Waals surface area contributed by atoms with E-state index >= 15 is 0 Å². The third-order valence-electron chi connectivity index (χ3n) is 4.81. The summed E-state index contributed by atoms with van der Waals surface area (Å²) in [4.78, 5) is 27.8. The van der Waals surface area contributed by atoms with E-state index in [-0.39, 0.29) is 18.2 Å². The second kappa shape index (κ2) is 11.0. The molecule has 0 aliphatic heterocycles. The molecule has 2 amide bonds. The number of hydrogen-bond acceptors (Lipinski definition) is 2. The molecule has 0 aliphatic rings. The quantitative estimate of drug-likeness (QED) is 0.642. The first kappa shape index (κ1) is 23.0. The van der Waals surface area contributed by atoms with Gasteiger partial charge in [-0.3, -0.25) is 9.59 Å². The fraction of sp³-hybridized carbons (Fsp3) is 0.417. The molecule has 0 aromatic heterocycles. The fourth-order valence-electron chi connectivity index (χ4n) is 3.26. The molecule has 0 saturated heterocycles. The molecule has 1 unspecified atom stereocenters. The van der Waals surface area contributed by atoms with E-state index in [1.165, 1.54) is 0 Å². The summed E-state index contributed by atoms with van der Waals surface area (Å²) in [6, 6.07) is 14.8. The standard InChI is InChI=1S/C24H31ClN2O2/c1-5-22(24(29)26-15-17(2)3)27(16-19-10-8-9-18(4)13-19)23(28)14-20-11-6-7-12-21(20)25/h6-13,17,22H,5,14-16H2,1-4H3,(H,26,29). The molecular formula is C24H31ClN2O2. The van der Waals surface area contributed by atoms with Gasteiger partial charge in [0.2, 0.25) is 11.8 Å². The average Bonchev–Trinajstić information content (AvgIpc) is 2.68. The van der Waals surface area contributed by atoms with E-state index < -0.39 is 6.04 Å². The van der Waals surface area contributed by atoms with Crippen LogP contribution in [0.5, 0.6) is 0 Å². The van der Waals surface area contributed by atoms with Crippen molar-refractivity contribution in [3.63, 3.8) is 0 Å². The molecule has 156 valence electrons. The van der Waals surface area contributed by atoms with Crippen molar-refractivity contribution in [2.75, 3.05) is 6.54 Å². The Hall–Kier alpha value is -2.33. The van der Waals surface area contributed by atoms with Crippen molar-refractivity contribution in [3.05, 3.63) is 70.2 Å². The zero-order valence-electron chi connectivity index (χ0n) is 17.7. The van der Waals surface area contributed by atoms with Crippen molar-refractivity contribution in [1.29, 1.82) is 0 Å². The second-order valence-electron chi connectivity index (χ2n) is 7.84. The van der Waals surface area contributed by atoms with Crippen molar-refractivity contribution in [2.24, 2.45) is 5.92 Å². The van der Waals surface area contributed by atoms with Gasteiger partial charge >= 0.3 is 0 Å². The van der Waals surface area contributed by atoms with E-state index in [0.717, 1.165) is 16.7 Å². The van der Waals surface area contributed by atoms with Gasteiger partial charge in [0, 0.05) is 18.1 Å². The van der Waals surface area contributed by atoms with Crippen LogP contribution in [0.25, 0.3) is 0 Å². The van der Waals surface area contributed by atoms with Crippen LogP contribution in [0.2, 0.25) is 5.02 Å². The average molecular weight is 415 g/mol. The molecule has 0 fully saturated rings. The fourth-order valence-corrected chi connectivity index (χ4v) is 3.46. The van der Waals surface area contributed by atoms with Crippen molar-refractivity contribution in [1.82, 2.24) is 10.2 Å². The number of nitrogens with one attached hydrogen (secondary N) is 1. The van der Waals surface area contributed by atoms with E-state index in [0.29, 0.717) is 30.5 Å².